The Balaban J connectivity index is 1.76. The number of phenolic OH excluding ortho intramolecular Hbond substituents is 1. The highest BCUT2D eigenvalue weighted by Gasteiger charge is 2.14. The highest BCUT2D eigenvalue weighted by molar-refractivity contribution is 7.80. The first-order valence-electron chi connectivity index (χ1n) is 6.74. The number of methoxy groups -OCH3 is 1. The van der Waals surface area contributed by atoms with Gasteiger partial charge in [0.2, 0.25) is 0 Å². The number of hydrogen-bond donors (Lipinski definition) is 3. The van der Waals surface area contributed by atoms with Crippen LogP contribution in [0.4, 0.5) is 0 Å². The number of ether oxygens (including phenoxy) is 2. The SMILES string of the molecule is COc1ccc(/C=N\NC(=S)NC[C@@H]2CCCO2)cc1O. The Kier molecular flexibility index (Phi) is 5.77. The first kappa shape index (κ1) is 15.5. The summed E-state index contributed by atoms with van der Waals surface area (Å²) in [5.74, 6) is 0.495. The van der Waals surface area contributed by atoms with Crippen LogP contribution in [0.15, 0.2) is 23.3 Å². The molecule has 0 radical (unpaired) electrons. The van der Waals surface area contributed by atoms with Crippen LogP contribution in [0.1, 0.15) is 18.4 Å². The number of nitrogens with zero attached hydrogens (tertiary/aromatic N) is 1. The molecule has 0 aromatic heterocycles. The van der Waals surface area contributed by atoms with E-state index in [0.29, 0.717) is 17.4 Å². The van der Waals surface area contributed by atoms with E-state index in [2.05, 4.69) is 15.8 Å². The largest absolute Gasteiger partial charge is 0.504 e. The van der Waals surface area contributed by atoms with Crippen molar-refractivity contribution in [2.24, 2.45) is 5.10 Å². The van der Waals surface area contributed by atoms with E-state index in [-0.39, 0.29) is 11.9 Å². The van der Waals surface area contributed by atoms with Crippen LogP contribution in [0, 0.1) is 0 Å². The molecule has 0 aliphatic carbocycles. The van der Waals surface area contributed by atoms with Crippen molar-refractivity contribution >= 4 is 23.5 Å². The predicted octanol–water partition coefficient (Wildman–Crippen LogP) is 1.38. The monoisotopic (exact) mass is 309 g/mol. The van der Waals surface area contributed by atoms with Crippen molar-refractivity contribution in [1.29, 1.82) is 0 Å². The molecule has 1 aromatic rings. The summed E-state index contributed by atoms with van der Waals surface area (Å²) >= 11 is 5.11. The van der Waals surface area contributed by atoms with E-state index >= 15 is 0 Å². The topological polar surface area (TPSA) is 75.1 Å². The smallest absolute Gasteiger partial charge is 0.187 e. The number of aromatic hydroxyl groups is 1. The van der Waals surface area contributed by atoms with Crippen molar-refractivity contribution in [3.63, 3.8) is 0 Å². The second-order valence-electron chi connectivity index (χ2n) is 4.65. The van der Waals surface area contributed by atoms with Gasteiger partial charge in [-0.3, -0.25) is 5.43 Å². The molecule has 1 saturated heterocycles. The summed E-state index contributed by atoms with van der Waals surface area (Å²) < 4.78 is 10.5. The lowest BCUT2D eigenvalue weighted by Gasteiger charge is -2.11. The lowest BCUT2D eigenvalue weighted by molar-refractivity contribution is 0.114. The zero-order valence-electron chi connectivity index (χ0n) is 11.8. The lowest BCUT2D eigenvalue weighted by Crippen LogP contribution is -2.37. The maximum absolute atomic E-state index is 9.65. The van der Waals surface area contributed by atoms with E-state index in [1.165, 1.54) is 7.11 Å². The molecule has 6 nitrogen and oxygen atoms in total. The molecule has 0 spiro atoms. The molecule has 114 valence electrons. The maximum atomic E-state index is 9.65. The van der Waals surface area contributed by atoms with Crippen molar-refractivity contribution in [2.75, 3.05) is 20.3 Å². The summed E-state index contributed by atoms with van der Waals surface area (Å²) in [7, 11) is 1.50. The van der Waals surface area contributed by atoms with Crippen molar-refractivity contribution in [3.8, 4) is 11.5 Å². The molecule has 1 aromatic carbocycles. The van der Waals surface area contributed by atoms with E-state index in [1.54, 1.807) is 24.4 Å². The minimum atomic E-state index is 0.0699. The molecule has 1 fully saturated rings. The molecule has 7 heteroatoms. The van der Waals surface area contributed by atoms with Gasteiger partial charge in [-0.2, -0.15) is 5.10 Å². The minimum Gasteiger partial charge on any atom is -0.504 e. The Morgan fingerprint density at radius 2 is 2.48 bits per heavy atom. The van der Waals surface area contributed by atoms with Gasteiger partial charge in [-0.1, -0.05) is 0 Å². The van der Waals surface area contributed by atoms with Gasteiger partial charge >= 0.3 is 0 Å². The third-order valence-corrected chi connectivity index (χ3v) is 3.33. The van der Waals surface area contributed by atoms with E-state index in [9.17, 15) is 5.11 Å². The van der Waals surface area contributed by atoms with Gasteiger partial charge in [0.25, 0.3) is 0 Å². The first-order chi connectivity index (χ1) is 10.2. The highest BCUT2D eigenvalue weighted by atomic mass is 32.1. The number of thiocarbonyl (C=S) groups is 1. The van der Waals surface area contributed by atoms with Crippen LogP contribution in [-0.4, -0.2) is 42.8 Å². The Hall–Kier alpha value is -1.86. The molecule has 21 heavy (non-hydrogen) atoms. The molecule has 0 bridgehead atoms. The molecule has 1 aliphatic heterocycles. The quantitative estimate of drug-likeness (QED) is 0.433. The van der Waals surface area contributed by atoms with Crippen LogP contribution in [-0.2, 0) is 4.74 Å². The number of hydrazone groups is 1. The van der Waals surface area contributed by atoms with Crippen LogP contribution in [0.5, 0.6) is 11.5 Å². The molecule has 2 rings (SSSR count). The Labute approximate surface area is 129 Å². The third kappa shape index (κ3) is 4.87. The molecule has 0 unspecified atom stereocenters. The van der Waals surface area contributed by atoms with E-state index in [0.717, 1.165) is 25.0 Å². The van der Waals surface area contributed by atoms with Gasteiger partial charge in [-0.05, 0) is 48.8 Å². The number of hydrogen-bond acceptors (Lipinski definition) is 5. The Bertz CT molecular complexity index is 516. The average molecular weight is 309 g/mol. The zero-order chi connectivity index (χ0) is 15.1. The number of benzene rings is 1. The van der Waals surface area contributed by atoms with Gasteiger partial charge in [-0.25, -0.2) is 0 Å². The van der Waals surface area contributed by atoms with E-state index in [1.807, 2.05) is 0 Å². The van der Waals surface area contributed by atoms with Gasteiger partial charge in [0.05, 0.1) is 19.4 Å². The van der Waals surface area contributed by atoms with Gasteiger partial charge in [0.15, 0.2) is 16.6 Å². The summed E-state index contributed by atoms with van der Waals surface area (Å²) in [6.45, 7) is 1.51. The predicted molar refractivity (Wildman–Crippen MR) is 85.0 cm³/mol. The molecular formula is C14H19N3O3S. The Morgan fingerprint density at radius 1 is 1.62 bits per heavy atom. The molecular weight excluding hydrogens is 290 g/mol. The fourth-order valence-electron chi connectivity index (χ4n) is 2.00. The molecule has 0 saturated carbocycles. The third-order valence-electron chi connectivity index (χ3n) is 3.10. The summed E-state index contributed by atoms with van der Waals surface area (Å²) in [5, 5.41) is 17.2. The minimum absolute atomic E-state index is 0.0699. The van der Waals surface area contributed by atoms with Gasteiger partial charge < -0.3 is 19.9 Å². The lowest BCUT2D eigenvalue weighted by atomic mass is 10.2. The summed E-state index contributed by atoms with van der Waals surface area (Å²) in [4.78, 5) is 0. The van der Waals surface area contributed by atoms with Crippen LogP contribution >= 0.6 is 12.2 Å². The highest BCUT2D eigenvalue weighted by Crippen LogP contribution is 2.25. The first-order valence-corrected chi connectivity index (χ1v) is 7.15. The van der Waals surface area contributed by atoms with Crippen LogP contribution in [0.2, 0.25) is 0 Å². The fourth-order valence-corrected chi connectivity index (χ4v) is 2.14. The van der Waals surface area contributed by atoms with Crippen LogP contribution in [0.25, 0.3) is 0 Å². The Morgan fingerprint density at radius 3 is 3.14 bits per heavy atom. The van der Waals surface area contributed by atoms with Crippen LogP contribution < -0.4 is 15.5 Å². The number of phenols is 1. The molecule has 1 aliphatic rings. The van der Waals surface area contributed by atoms with Gasteiger partial charge in [-0.15, -0.1) is 0 Å². The standard InChI is InChI=1S/C14H19N3O3S/c1-19-13-5-4-10(7-12(13)18)8-16-17-14(21)15-9-11-3-2-6-20-11/h4-5,7-8,11,18H,2-3,6,9H2,1H3,(H2,15,17,21)/b16-8-/t11-/m0/s1. The van der Waals surface area contributed by atoms with Gasteiger partial charge in [0.1, 0.15) is 0 Å². The van der Waals surface area contributed by atoms with Crippen molar-refractivity contribution in [3.05, 3.63) is 23.8 Å². The average Bonchev–Trinajstić information content (AvgIpc) is 2.99. The molecule has 0 amide bonds. The second kappa shape index (κ2) is 7.80. The van der Waals surface area contributed by atoms with E-state index < -0.39 is 0 Å². The van der Waals surface area contributed by atoms with Crippen LogP contribution in [0.3, 0.4) is 0 Å². The fraction of sp³-hybridized carbons (Fsp3) is 0.429. The summed E-state index contributed by atoms with van der Waals surface area (Å²) in [6.07, 6.45) is 3.96. The maximum Gasteiger partial charge on any atom is 0.187 e. The number of nitrogens with one attached hydrogen (secondary N) is 2. The van der Waals surface area contributed by atoms with E-state index in [4.69, 9.17) is 21.7 Å². The number of rotatable bonds is 5. The normalized spacial score (nSPS) is 17.9. The van der Waals surface area contributed by atoms with Gasteiger partial charge in [0, 0.05) is 13.2 Å². The van der Waals surface area contributed by atoms with Crippen molar-refractivity contribution in [2.45, 2.75) is 18.9 Å². The molecule has 3 N–H and O–H groups in total. The van der Waals surface area contributed by atoms with Crippen molar-refractivity contribution < 1.29 is 14.6 Å². The second-order valence-corrected chi connectivity index (χ2v) is 5.05. The van der Waals surface area contributed by atoms with Crippen molar-refractivity contribution in [1.82, 2.24) is 10.7 Å². The summed E-state index contributed by atoms with van der Waals surface area (Å²) in [6, 6.07) is 5.02. The molecule has 1 atom stereocenters. The summed E-state index contributed by atoms with van der Waals surface area (Å²) in [5.41, 5.74) is 3.46. The zero-order valence-corrected chi connectivity index (χ0v) is 12.7. The molecule has 1 heterocycles.